The Labute approximate surface area is 80.8 Å². The van der Waals surface area contributed by atoms with E-state index in [0.29, 0.717) is 6.61 Å². The lowest BCUT2D eigenvalue weighted by Crippen LogP contribution is -1.93. The predicted molar refractivity (Wildman–Crippen MR) is 53.9 cm³/mol. The molecule has 1 aromatic carbocycles. The van der Waals surface area contributed by atoms with Gasteiger partial charge in [0.25, 0.3) is 0 Å². The summed E-state index contributed by atoms with van der Waals surface area (Å²) in [6, 6.07) is 5.79. The zero-order chi connectivity index (χ0) is 8.97. The second kappa shape index (κ2) is 4.48. The molecule has 3 heteroatoms. The van der Waals surface area contributed by atoms with E-state index in [1.54, 1.807) is 0 Å². The van der Waals surface area contributed by atoms with Gasteiger partial charge >= 0.3 is 0 Å². The Hall–Kier alpha value is -0.540. The molecule has 0 aliphatic heterocycles. The molecule has 12 heavy (non-hydrogen) atoms. The van der Waals surface area contributed by atoms with Gasteiger partial charge in [0.15, 0.2) is 0 Å². The summed E-state index contributed by atoms with van der Waals surface area (Å²) in [5, 5.41) is 0. The molecule has 0 heterocycles. The summed E-state index contributed by atoms with van der Waals surface area (Å²) < 4.78 is 6.25. The summed E-state index contributed by atoms with van der Waals surface area (Å²) in [4.78, 5) is 0. The van der Waals surface area contributed by atoms with E-state index in [1.807, 2.05) is 25.1 Å². The van der Waals surface area contributed by atoms with Crippen molar-refractivity contribution in [3.63, 3.8) is 0 Å². The minimum Gasteiger partial charge on any atom is -0.399 e. The van der Waals surface area contributed by atoms with E-state index >= 15 is 0 Å². The summed E-state index contributed by atoms with van der Waals surface area (Å²) in [5.41, 5.74) is 7.51. The highest BCUT2D eigenvalue weighted by atomic mass is 79.9. The number of anilines is 1. The molecule has 0 amide bonds. The maximum Gasteiger partial charge on any atom is 0.0717 e. The lowest BCUT2D eigenvalue weighted by Gasteiger charge is -2.03. The first-order valence-electron chi connectivity index (χ1n) is 3.85. The van der Waals surface area contributed by atoms with Crippen molar-refractivity contribution in [1.82, 2.24) is 0 Å². The van der Waals surface area contributed by atoms with Crippen LogP contribution in [-0.4, -0.2) is 6.61 Å². The van der Waals surface area contributed by atoms with Crippen LogP contribution in [0.15, 0.2) is 22.7 Å². The Kier molecular flexibility index (Phi) is 3.56. The van der Waals surface area contributed by atoms with Gasteiger partial charge < -0.3 is 10.5 Å². The number of ether oxygens (including phenoxy) is 1. The molecule has 2 nitrogen and oxygen atoms in total. The number of benzene rings is 1. The van der Waals surface area contributed by atoms with Crippen LogP contribution >= 0.6 is 15.9 Å². The predicted octanol–water partition coefficient (Wildman–Crippen LogP) is 2.57. The fraction of sp³-hybridized carbons (Fsp3) is 0.333. The standard InChI is InChI=1S/C9H12BrNO/c1-2-12-6-7-3-8(10)5-9(11)4-7/h3-5H,2,6,11H2,1H3. The Balaban J connectivity index is 2.72. The number of halogens is 1. The summed E-state index contributed by atoms with van der Waals surface area (Å²) in [6.07, 6.45) is 0. The van der Waals surface area contributed by atoms with Gasteiger partial charge in [-0.1, -0.05) is 15.9 Å². The van der Waals surface area contributed by atoms with E-state index < -0.39 is 0 Å². The van der Waals surface area contributed by atoms with Gasteiger partial charge in [-0.2, -0.15) is 0 Å². The minimum atomic E-state index is 0.625. The summed E-state index contributed by atoms with van der Waals surface area (Å²) in [5.74, 6) is 0. The first-order chi connectivity index (χ1) is 5.72. The van der Waals surface area contributed by atoms with Crippen LogP contribution in [0.3, 0.4) is 0 Å². The van der Waals surface area contributed by atoms with Gasteiger partial charge in [-0.05, 0) is 30.7 Å². The average molecular weight is 230 g/mol. The molecular weight excluding hydrogens is 218 g/mol. The fourth-order valence-electron chi connectivity index (χ4n) is 0.979. The number of hydrogen-bond donors (Lipinski definition) is 1. The summed E-state index contributed by atoms with van der Waals surface area (Å²) in [7, 11) is 0. The largest absolute Gasteiger partial charge is 0.399 e. The van der Waals surface area contributed by atoms with Crippen LogP contribution in [0.4, 0.5) is 5.69 Å². The molecule has 0 aliphatic carbocycles. The lowest BCUT2D eigenvalue weighted by atomic mass is 10.2. The average Bonchev–Trinajstić information content (AvgIpc) is 1.99. The van der Waals surface area contributed by atoms with Gasteiger partial charge in [-0.3, -0.25) is 0 Å². The van der Waals surface area contributed by atoms with Crippen molar-refractivity contribution in [2.45, 2.75) is 13.5 Å². The van der Waals surface area contributed by atoms with Crippen molar-refractivity contribution in [3.05, 3.63) is 28.2 Å². The molecule has 0 aromatic heterocycles. The van der Waals surface area contributed by atoms with Gasteiger partial charge in [0.05, 0.1) is 6.61 Å². The Morgan fingerprint density at radius 3 is 2.75 bits per heavy atom. The second-order valence-corrected chi connectivity index (χ2v) is 3.45. The van der Waals surface area contributed by atoms with Crippen molar-refractivity contribution >= 4 is 21.6 Å². The van der Waals surface area contributed by atoms with Crippen LogP contribution in [0.5, 0.6) is 0 Å². The van der Waals surface area contributed by atoms with E-state index in [-0.39, 0.29) is 0 Å². The monoisotopic (exact) mass is 229 g/mol. The summed E-state index contributed by atoms with van der Waals surface area (Å²) in [6.45, 7) is 3.33. The van der Waals surface area contributed by atoms with Crippen molar-refractivity contribution in [2.75, 3.05) is 12.3 Å². The SMILES string of the molecule is CCOCc1cc(N)cc(Br)c1. The van der Waals surface area contributed by atoms with Crippen molar-refractivity contribution in [2.24, 2.45) is 0 Å². The highest BCUT2D eigenvalue weighted by Gasteiger charge is 1.96. The third-order valence-electron chi connectivity index (χ3n) is 1.45. The molecule has 1 rings (SSSR count). The maximum absolute atomic E-state index is 5.65. The Morgan fingerprint density at radius 2 is 2.17 bits per heavy atom. The number of hydrogen-bond acceptors (Lipinski definition) is 2. The Bertz CT molecular complexity index is 242. The van der Waals surface area contributed by atoms with E-state index in [9.17, 15) is 0 Å². The van der Waals surface area contributed by atoms with Crippen molar-refractivity contribution in [3.8, 4) is 0 Å². The van der Waals surface area contributed by atoms with Crippen LogP contribution in [0.25, 0.3) is 0 Å². The topological polar surface area (TPSA) is 35.2 Å². The second-order valence-electron chi connectivity index (χ2n) is 2.53. The Morgan fingerprint density at radius 1 is 1.42 bits per heavy atom. The number of rotatable bonds is 3. The first kappa shape index (κ1) is 9.55. The third-order valence-corrected chi connectivity index (χ3v) is 1.91. The van der Waals surface area contributed by atoms with Crippen LogP contribution in [-0.2, 0) is 11.3 Å². The zero-order valence-corrected chi connectivity index (χ0v) is 8.60. The molecule has 0 radical (unpaired) electrons. The van der Waals surface area contributed by atoms with E-state index in [0.717, 1.165) is 22.3 Å². The number of nitrogens with two attached hydrogens (primary N) is 1. The molecule has 0 spiro atoms. The number of nitrogen functional groups attached to an aromatic ring is 1. The quantitative estimate of drug-likeness (QED) is 0.810. The van der Waals surface area contributed by atoms with Crippen LogP contribution in [0.2, 0.25) is 0 Å². The summed E-state index contributed by atoms with van der Waals surface area (Å²) >= 11 is 3.37. The molecule has 2 N–H and O–H groups in total. The van der Waals surface area contributed by atoms with E-state index in [2.05, 4.69) is 15.9 Å². The maximum atomic E-state index is 5.65. The molecule has 1 aromatic rings. The molecule has 0 atom stereocenters. The van der Waals surface area contributed by atoms with Crippen LogP contribution < -0.4 is 5.73 Å². The first-order valence-corrected chi connectivity index (χ1v) is 4.64. The van der Waals surface area contributed by atoms with Crippen molar-refractivity contribution in [1.29, 1.82) is 0 Å². The van der Waals surface area contributed by atoms with Crippen LogP contribution in [0.1, 0.15) is 12.5 Å². The molecule has 0 saturated heterocycles. The molecule has 0 bridgehead atoms. The van der Waals surface area contributed by atoms with Crippen LogP contribution in [0, 0.1) is 0 Å². The third kappa shape index (κ3) is 2.83. The van der Waals surface area contributed by atoms with E-state index in [4.69, 9.17) is 10.5 Å². The highest BCUT2D eigenvalue weighted by molar-refractivity contribution is 9.10. The molecular formula is C9H12BrNO. The minimum absolute atomic E-state index is 0.625. The lowest BCUT2D eigenvalue weighted by molar-refractivity contribution is 0.134. The molecule has 0 unspecified atom stereocenters. The molecule has 0 fully saturated rings. The smallest absolute Gasteiger partial charge is 0.0717 e. The molecule has 0 aliphatic rings. The zero-order valence-electron chi connectivity index (χ0n) is 7.01. The van der Waals surface area contributed by atoms with Crippen molar-refractivity contribution < 1.29 is 4.74 Å². The normalized spacial score (nSPS) is 10.2. The van der Waals surface area contributed by atoms with Gasteiger partial charge in [-0.25, -0.2) is 0 Å². The van der Waals surface area contributed by atoms with Gasteiger partial charge in [0.2, 0.25) is 0 Å². The molecule has 0 saturated carbocycles. The van der Waals surface area contributed by atoms with Gasteiger partial charge in [0, 0.05) is 16.8 Å². The molecule has 66 valence electrons. The van der Waals surface area contributed by atoms with E-state index in [1.165, 1.54) is 0 Å². The fourth-order valence-corrected chi connectivity index (χ4v) is 1.54. The van der Waals surface area contributed by atoms with Gasteiger partial charge in [0.1, 0.15) is 0 Å². The van der Waals surface area contributed by atoms with Gasteiger partial charge in [-0.15, -0.1) is 0 Å². The highest BCUT2D eigenvalue weighted by Crippen LogP contribution is 2.17.